The molecule has 1 heterocycles. The van der Waals surface area contributed by atoms with Crippen LogP contribution < -0.4 is 10.1 Å². The Morgan fingerprint density at radius 2 is 2.00 bits per heavy atom. The second-order valence-corrected chi connectivity index (χ2v) is 6.40. The number of rotatable bonds is 7. The van der Waals surface area contributed by atoms with Crippen LogP contribution in [0, 0.1) is 0 Å². The van der Waals surface area contributed by atoms with E-state index in [0.717, 1.165) is 18.4 Å². The molecule has 2 unspecified atom stereocenters. The van der Waals surface area contributed by atoms with Crippen molar-refractivity contribution in [3.05, 3.63) is 29.8 Å². The lowest BCUT2D eigenvalue weighted by Gasteiger charge is -2.32. The SMILES string of the molecule is CCOc1ccc(C(C)N(CC2CCCN2)C2CC2)cc1. The highest BCUT2D eigenvalue weighted by atomic mass is 16.5. The van der Waals surface area contributed by atoms with Crippen LogP contribution in [0.15, 0.2) is 24.3 Å². The molecular formula is C18H28N2O. The van der Waals surface area contributed by atoms with Crippen molar-refractivity contribution in [2.45, 2.75) is 57.7 Å². The number of nitrogens with zero attached hydrogens (tertiary/aromatic N) is 1. The first-order valence-corrected chi connectivity index (χ1v) is 8.50. The molecule has 1 aromatic carbocycles. The van der Waals surface area contributed by atoms with E-state index in [9.17, 15) is 0 Å². The van der Waals surface area contributed by atoms with Gasteiger partial charge in [0.15, 0.2) is 0 Å². The average molecular weight is 288 g/mol. The Kier molecular flexibility index (Phi) is 4.81. The van der Waals surface area contributed by atoms with E-state index < -0.39 is 0 Å². The number of hydrogen-bond acceptors (Lipinski definition) is 3. The van der Waals surface area contributed by atoms with Gasteiger partial charge in [0.2, 0.25) is 0 Å². The van der Waals surface area contributed by atoms with E-state index in [1.165, 1.54) is 44.3 Å². The second-order valence-electron chi connectivity index (χ2n) is 6.40. The fraction of sp³-hybridized carbons (Fsp3) is 0.667. The largest absolute Gasteiger partial charge is 0.494 e. The van der Waals surface area contributed by atoms with Gasteiger partial charge >= 0.3 is 0 Å². The quantitative estimate of drug-likeness (QED) is 0.832. The number of ether oxygens (including phenoxy) is 1. The molecule has 1 aliphatic carbocycles. The summed E-state index contributed by atoms with van der Waals surface area (Å²) in [5, 5.41) is 3.64. The molecule has 0 aromatic heterocycles. The molecule has 3 heteroatoms. The molecule has 116 valence electrons. The Labute approximate surface area is 128 Å². The van der Waals surface area contributed by atoms with Crippen molar-refractivity contribution in [2.75, 3.05) is 19.7 Å². The summed E-state index contributed by atoms with van der Waals surface area (Å²) in [4.78, 5) is 2.71. The van der Waals surface area contributed by atoms with Crippen molar-refractivity contribution in [2.24, 2.45) is 0 Å². The smallest absolute Gasteiger partial charge is 0.119 e. The van der Waals surface area contributed by atoms with Crippen LogP contribution in [0.4, 0.5) is 0 Å². The van der Waals surface area contributed by atoms with Gasteiger partial charge in [-0.3, -0.25) is 4.90 Å². The maximum absolute atomic E-state index is 5.54. The Hall–Kier alpha value is -1.06. The summed E-state index contributed by atoms with van der Waals surface area (Å²) in [7, 11) is 0. The summed E-state index contributed by atoms with van der Waals surface area (Å²) in [5.74, 6) is 0.976. The highest BCUT2D eigenvalue weighted by Crippen LogP contribution is 2.35. The van der Waals surface area contributed by atoms with Crippen molar-refractivity contribution in [3.8, 4) is 5.75 Å². The molecule has 0 radical (unpaired) electrons. The third-order valence-electron chi connectivity index (χ3n) is 4.78. The van der Waals surface area contributed by atoms with Crippen LogP contribution in [0.3, 0.4) is 0 Å². The lowest BCUT2D eigenvalue weighted by Crippen LogP contribution is -2.40. The molecule has 1 saturated heterocycles. The first kappa shape index (κ1) is 14.9. The van der Waals surface area contributed by atoms with Crippen LogP contribution in [0.5, 0.6) is 5.75 Å². The van der Waals surface area contributed by atoms with Gasteiger partial charge in [0.05, 0.1) is 6.61 Å². The fourth-order valence-electron chi connectivity index (χ4n) is 3.40. The molecule has 1 saturated carbocycles. The summed E-state index contributed by atoms with van der Waals surface area (Å²) in [5.41, 5.74) is 1.41. The summed E-state index contributed by atoms with van der Waals surface area (Å²) >= 11 is 0. The van der Waals surface area contributed by atoms with E-state index in [4.69, 9.17) is 4.74 Å². The summed E-state index contributed by atoms with van der Waals surface area (Å²) in [6.07, 6.45) is 5.40. The van der Waals surface area contributed by atoms with Crippen LogP contribution in [0.2, 0.25) is 0 Å². The topological polar surface area (TPSA) is 24.5 Å². The van der Waals surface area contributed by atoms with Crippen molar-refractivity contribution in [1.82, 2.24) is 10.2 Å². The minimum atomic E-state index is 0.496. The van der Waals surface area contributed by atoms with E-state index >= 15 is 0 Å². The van der Waals surface area contributed by atoms with Crippen molar-refractivity contribution < 1.29 is 4.74 Å². The first-order chi connectivity index (χ1) is 10.3. The van der Waals surface area contributed by atoms with Crippen molar-refractivity contribution >= 4 is 0 Å². The zero-order chi connectivity index (χ0) is 14.7. The summed E-state index contributed by atoms with van der Waals surface area (Å²) in [6.45, 7) is 7.50. The van der Waals surface area contributed by atoms with Gasteiger partial charge in [-0.05, 0) is 63.8 Å². The third-order valence-corrected chi connectivity index (χ3v) is 4.78. The van der Waals surface area contributed by atoms with E-state index in [-0.39, 0.29) is 0 Å². The van der Waals surface area contributed by atoms with Gasteiger partial charge in [0, 0.05) is 24.7 Å². The second kappa shape index (κ2) is 6.80. The van der Waals surface area contributed by atoms with Crippen LogP contribution in [0.25, 0.3) is 0 Å². The maximum Gasteiger partial charge on any atom is 0.119 e. The van der Waals surface area contributed by atoms with Gasteiger partial charge in [0.25, 0.3) is 0 Å². The van der Waals surface area contributed by atoms with Gasteiger partial charge in [-0.1, -0.05) is 12.1 Å². The molecule has 1 aromatic rings. The molecule has 0 spiro atoms. The molecular weight excluding hydrogens is 260 g/mol. The molecule has 2 aliphatic rings. The molecule has 3 rings (SSSR count). The molecule has 1 aliphatic heterocycles. The van der Waals surface area contributed by atoms with Gasteiger partial charge in [-0.15, -0.1) is 0 Å². The van der Waals surface area contributed by atoms with Crippen LogP contribution >= 0.6 is 0 Å². The molecule has 3 nitrogen and oxygen atoms in total. The summed E-state index contributed by atoms with van der Waals surface area (Å²) in [6, 6.07) is 10.7. The highest BCUT2D eigenvalue weighted by molar-refractivity contribution is 5.29. The Bertz CT molecular complexity index is 435. The van der Waals surface area contributed by atoms with E-state index in [0.29, 0.717) is 12.1 Å². The van der Waals surface area contributed by atoms with Crippen LogP contribution in [-0.4, -0.2) is 36.7 Å². The molecule has 0 bridgehead atoms. The Balaban J connectivity index is 1.66. The fourth-order valence-corrected chi connectivity index (χ4v) is 3.40. The first-order valence-electron chi connectivity index (χ1n) is 8.50. The van der Waals surface area contributed by atoms with E-state index in [1.54, 1.807) is 0 Å². The number of nitrogens with one attached hydrogen (secondary N) is 1. The molecule has 2 fully saturated rings. The lowest BCUT2D eigenvalue weighted by molar-refractivity contribution is 0.182. The van der Waals surface area contributed by atoms with Crippen LogP contribution in [0.1, 0.15) is 51.1 Å². The average Bonchev–Trinajstić information content (AvgIpc) is 3.22. The van der Waals surface area contributed by atoms with Crippen molar-refractivity contribution in [1.29, 1.82) is 0 Å². The Morgan fingerprint density at radius 3 is 2.57 bits per heavy atom. The van der Waals surface area contributed by atoms with Gasteiger partial charge < -0.3 is 10.1 Å². The monoisotopic (exact) mass is 288 g/mol. The highest BCUT2D eigenvalue weighted by Gasteiger charge is 2.34. The predicted molar refractivity (Wildman–Crippen MR) is 86.8 cm³/mol. The number of benzene rings is 1. The summed E-state index contributed by atoms with van der Waals surface area (Å²) < 4.78 is 5.54. The standard InChI is InChI=1S/C18H28N2O/c1-3-21-18-10-6-15(7-11-18)14(2)20(17-8-9-17)13-16-5-4-12-19-16/h6-7,10-11,14,16-17,19H,3-5,8-9,12-13H2,1-2H3. The zero-order valence-corrected chi connectivity index (χ0v) is 13.3. The molecule has 1 N–H and O–H groups in total. The van der Waals surface area contributed by atoms with Gasteiger partial charge in [-0.2, -0.15) is 0 Å². The molecule has 0 amide bonds. The van der Waals surface area contributed by atoms with Gasteiger partial charge in [-0.25, -0.2) is 0 Å². The molecule has 2 atom stereocenters. The minimum Gasteiger partial charge on any atom is -0.494 e. The predicted octanol–water partition coefficient (Wildman–Crippen LogP) is 3.36. The third kappa shape index (κ3) is 3.78. The normalized spacial score (nSPS) is 23.5. The number of hydrogen-bond donors (Lipinski definition) is 1. The zero-order valence-electron chi connectivity index (χ0n) is 13.3. The van der Waals surface area contributed by atoms with Crippen LogP contribution in [-0.2, 0) is 0 Å². The Morgan fingerprint density at radius 1 is 1.24 bits per heavy atom. The lowest BCUT2D eigenvalue weighted by atomic mass is 10.1. The van der Waals surface area contributed by atoms with E-state index in [2.05, 4.69) is 41.4 Å². The van der Waals surface area contributed by atoms with Gasteiger partial charge in [0.1, 0.15) is 5.75 Å². The minimum absolute atomic E-state index is 0.496. The van der Waals surface area contributed by atoms with E-state index in [1.807, 2.05) is 6.92 Å². The maximum atomic E-state index is 5.54. The molecule has 21 heavy (non-hydrogen) atoms. The van der Waals surface area contributed by atoms with Crippen molar-refractivity contribution in [3.63, 3.8) is 0 Å².